The van der Waals surface area contributed by atoms with Crippen LogP contribution in [0.4, 0.5) is 0 Å². The minimum absolute atomic E-state index is 0.0336. The predicted molar refractivity (Wildman–Crippen MR) is 134 cm³/mol. The van der Waals surface area contributed by atoms with Crippen molar-refractivity contribution in [3.05, 3.63) is 59.3 Å². The molecule has 0 saturated heterocycles. The monoisotopic (exact) mass is 513 g/mol. The fraction of sp³-hybridized carbons (Fsp3) is 0.444. The molecule has 0 fully saturated rings. The van der Waals surface area contributed by atoms with Gasteiger partial charge in [0.2, 0.25) is 0 Å². The van der Waals surface area contributed by atoms with Crippen LogP contribution in [-0.2, 0) is 0 Å². The second-order valence-electron chi connectivity index (χ2n) is 5.67. The smallest absolute Gasteiger partial charge is 0.258 e. The average molecular weight is 515 g/mol. The normalized spacial score (nSPS) is 23.7. The molecule has 3 nitrogen and oxygen atoms in total. The highest BCUT2D eigenvalue weighted by Gasteiger charge is 2.27. The zero-order valence-electron chi connectivity index (χ0n) is 15.3. The number of nitrogens with zero attached hydrogens (tertiary/aromatic N) is 1. The Balaban J connectivity index is 2.35. The molecular weight excluding hydrogens is 493 g/mol. The van der Waals surface area contributed by atoms with Crippen molar-refractivity contribution in [3.8, 4) is 0 Å². The molecule has 2 rings (SSSR count). The Morgan fingerprint density at radius 2 is 1.57 bits per heavy atom. The molecule has 0 aliphatic carbocycles. The van der Waals surface area contributed by atoms with E-state index in [1.165, 1.54) is 41.7 Å². The van der Waals surface area contributed by atoms with E-state index in [-0.39, 0.29) is 10.7 Å². The molecule has 0 aromatic heterocycles. The zero-order chi connectivity index (χ0) is 20.4. The summed E-state index contributed by atoms with van der Waals surface area (Å²) in [6.07, 6.45) is 1.18. The fourth-order valence-corrected chi connectivity index (χ4v) is 8.20. The number of allylic oxidation sites excluding steroid dienone is 1. The van der Waals surface area contributed by atoms with Crippen LogP contribution in [0.2, 0.25) is 0 Å². The van der Waals surface area contributed by atoms with Crippen LogP contribution in [0, 0.1) is 17.0 Å². The molecule has 1 aliphatic rings. The molecule has 10 heteroatoms. The van der Waals surface area contributed by atoms with Gasteiger partial charge >= 0.3 is 5.70 Å². The Kier molecular flexibility index (Phi) is 12.1. The van der Waals surface area contributed by atoms with Crippen LogP contribution in [0.3, 0.4) is 0 Å². The Hall–Kier alpha value is 0.430. The number of thioether (sulfide) groups is 5. The van der Waals surface area contributed by atoms with Crippen molar-refractivity contribution in [2.45, 2.75) is 18.2 Å². The number of rotatable bonds is 3. The topological polar surface area (TPSA) is 43.1 Å². The van der Waals surface area contributed by atoms with Crippen LogP contribution in [0.5, 0.6) is 0 Å². The van der Waals surface area contributed by atoms with Crippen molar-refractivity contribution < 1.29 is 4.92 Å². The van der Waals surface area contributed by atoms with Gasteiger partial charge in [-0.05, 0) is 37.0 Å². The van der Waals surface area contributed by atoms with Crippen LogP contribution in [0.1, 0.15) is 12.0 Å². The quantitative estimate of drug-likeness (QED) is 0.305. The molecule has 0 atom stereocenters. The van der Waals surface area contributed by atoms with Crippen LogP contribution in [0.15, 0.2) is 48.5 Å². The molecule has 1 aromatic rings. The summed E-state index contributed by atoms with van der Waals surface area (Å²) in [5, 5.41) is 11.9. The van der Waals surface area contributed by atoms with E-state index in [1.54, 1.807) is 0 Å². The van der Waals surface area contributed by atoms with E-state index in [9.17, 15) is 10.1 Å². The minimum atomic E-state index is -0.408. The summed E-state index contributed by atoms with van der Waals surface area (Å²) < 4.78 is 0.878. The lowest BCUT2D eigenvalue weighted by Crippen LogP contribution is -2.03. The van der Waals surface area contributed by atoms with Gasteiger partial charge in [-0.25, -0.2) is 0 Å². The number of nitro groups is 1. The lowest BCUT2D eigenvalue weighted by atomic mass is 10.2. The number of halogens is 2. The summed E-state index contributed by atoms with van der Waals surface area (Å²) in [5.74, 6) is 5.72. The number of benzene rings is 1. The van der Waals surface area contributed by atoms with Crippen molar-refractivity contribution >= 4 is 82.0 Å². The molecule has 0 saturated carbocycles. The largest absolute Gasteiger partial charge is 0.310 e. The van der Waals surface area contributed by atoms with E-state index >= 15 is 0 Å². The predicted octanol–water partition coefficient (Wildman–Crippen LogP) is 7.52. The molecular formula is C18H21Cl2NO2S5. The second kappa shape index (κ2) is 13.7. The number of aryl methyl sites for hydroxylation is 1. The second-order valence-corrected chi connectivity index (χ2v) is 12.7. The maximum Gasteiger partial charge on any atom is 0.310 e. The van der Waals surface area contributed by atoms with Gasteiger partial charge in [-0.15, -0.1) is 23.5 Å². The Labute approximate surface area is 197 Å². The SMILES string of the molecule is Cc1ccc(S/C2=C([N+](=O)[O-])/C(Cl)=C(\Cl)SCCSCCCSCCS2)cc1. The first-order valence-electron chi connectivity index (χ1n) is 8.59. The fourth-order valence-electron chi connectivity index (χ4n) is 2.11. The third-order valence-electron chi connectivity index (χ3n) is 3.48. The third-order valence-corrected chi connectivity index (χ3v) is 10.5. The van der Waals surface area contributed by atoms with Gasteiger partial charge in [0.1, 0.15) is 9.27 Å². The molecule has 1 heterocycles. The van der Waals surface area contributed by atoms with Crippen LogP contribution in [-0.4, -0.2) is 39.4 Å². The van der Waals surface area contributed by atoms with E-state index in [0.29, 0.717) is 8.60 Å². The first kappa shape index (κ1) is 24.7. The average Bonchev–Trinajstić information content (AvgIpc) is 2.67. The maximum absolute atomic E-state index is 11.9. The Bertz CT molecular complexity index is 725. The molecule has 0 N–H and O–H groups in total. The molecule has 0 amide bonds. The van der Waals surface area contributed by atoms with E-state index in [1.807, 2.05) is 54.7 Å². The van der Waals surface area contributed by atoms with Gasteiger partial charge in [-0.3, -0.25) is 10.1 Å². The van der Waals surface area contributed by atoms with Crippen LogP contribution >= 0.6 is 82.0 Å². The lowest BCUT2D eigenvalue weighted by Gasteiger charge is -2.10. The van der Waals surface area contributed by atoms with E-state index < -0.39 is 4.92 Å². The first-order chi connectivity index (χ1) is 13.5. The molecule has 0 unspecified atom stereocenters. The first-order valence-corrected chi connectivity index (χ1v) is 14.4. The zero-order valence-corrected chi connectivity index (χ0v) is 20.9. The summed E-state index contributed by atoms with van der Waals surface area (Å²) >= 11 is 20.8. The molecule has 0 bridgehead atoms. The van der Waals surface area contributed by atoms with Gasteiger partial charge in [0.05, 0.1) is 9.29 Å². The summed E-state index contributed by atoms with van der Waals surface area (Å²) in [6.45, 7) is 2.01. The summed E-state index contributed by atoms with van der Waals surface area (Å²) in [5.41, 5.74) is 1.05. The Morgan fingerprint density at radius 1 is 0.964 bits per heavy atom. The van der Waals surface area contributed by atoms with Crippen molar-refractivity contribution in [1.82, 2.24) is 0 Å². The minimum Gasteiger partial charge on any atom is -0.258 e. The van der Waals surface area contributed by atoms with E-state index in [4.69, 9.17) is 23.2 Å². The number of hydrogen-bond donors (Lipinski definition) is 0. The lowest BCUT2D eigenvalue weighted by molar-refractivity contribution is -0.419. The molecule has 0 spiro atoms. The van der Waals surface area contributed by atoms with Crippen molar-refractivity contribution in [2.24, 2.45) is 0 Å². The molecule has 0 radical (unpaired) electrons. The standard InChI is InChI=1S/C18H21Cl2NO2S5/c1-13-3-5-14(6-4-13)28-18-16(21(22)23)15(19)17(20)26-11-9-24-7-2-8-25-10-12-27-18/h3-6H,2,7-12H2,1H3/b17-15-,18-16-. The van der Waals surface area contributed by atoms with Gasteiger partial charge in [0.15, 0.2) is 0 Å². The van der Waals surface area contributed by atoms with Crippen LogP contribution in [0.25, 0.3) is 0 Å². The highest BCUT2D eigenvalue weighted by atomic mass is 35.5. The van der Waals surface area contributed by atoms with Gasteiger partial charge in [-0.2, -0.15) is 23.5 Å². The van der Waals surface area contributed by atoms with E-state index in [0.717, 1.165) is 45.0 Å². The summed E-state index contributed by atoms with van der Waals surface area (Å²) in [7, 11) is 0. The number of hydrogen-bond acceptors (Lipinski definition) is 7. The van der Waals surface area contributed by atoms with Gasteiger partial charge in [-0.1, -0.05) is 52.7 Å². The summed E-state index contributed by atoms with van der Waals surface area (Å²) in [6, 6.07) is 7.95. The van der Waals surface area contributed by atoms with E-state index in [2.05, 4.69) is 0 Å². The Morgan fingerprint density at radius 3 is 2.18 bits per heavy atom. The third kappa shape index (κ3) is 8.66. The molecule has 1 aliphatic heterocycles. The molecule has 28 heavy (non-hydrogen) atoms. The van der Waals surface area contributed by atoms with Crippen molar-refractivity contribution in [3.63, 3.8) is 0 Å². The van der Waals surface area contributed by atoms with Gasteiger partial charge in [0, 0.05) is 27.9 Å². The molecule has 154 valence electrons. The van der Waals surface area contributed by atoms with Gasteiger partial charge in [0.25, 0.3) is 0 Å². The highest BCUT2D eigenvalue weighted by molar-refractivity contribution is 8.22. The summed E-state index contributed by atoms with van der Waals surface area (Å²) in [4.78, 5) is 12.4. The van der Waals surface area contributed by atoms with Crippen LogP contribution < -0.4 is 0 Å². The molecule has 1 aromatic carbocycles. The van der Waals surface area contributed by atoms with Crippen molar-refractivity contribution in [1.29, 1.82) is 0 Å². The maximum atomic E-state index is 11.9. The van der Waals surface area contributed by atoms with Gasteiger partial charge < -0.3 is 0 Å². The van der Waals surface area contributed by atoms with Crippen molar-refractivity contribution in [2.75, 3.05) is 34.5 Å². The highest BCUT2D eigenvalue weighted by Crippen LogP contribution is 2.43.